The molecule has 5 rings (SSSR count). The minimum atomic E-state index is -3.56. The summed E-state index contributed by atoms with van der Waals surface area (Å²) >= 11 is 0. The molecule has 0 bridgehead atoms. The van der Waals surface area contributed by atoms with Gasteiger partial charge in [0.25, 0.3) is 0 Å². The fourth-order valence-electron chi connectivity index (χ4n) is 5.39. The van der Waals surface area contributed by atoms with Gasteiger partial charge in [-0.2, -0.15) is 0 Å². The number of ether oxygens (including phenoxy) is 1. The van der Waals surface area contributed by atoms with Crippen molar-refractivity contribution in [3.05, 3.63) is 102 Å². The predicted molar refractivity (Wildman–Crippen MR) is 158 cm³/mol. The standard InChI is InChI=1S/C31H36N3O4P/c1-5-37-39(35,38-6-2)31(22-15-17-23(36-4)18-16-22)33-20-27(26-19-32-29-13-9-7-11-24(26)29)28-21-34(3)30-14-10-8-12-25(28)30/h7-19,21,27,31-33H,5-6,20H2,1-4H3. The first-order chi connectivity index (χ1) is 19.0. The number of aryl methyl sites for hydroxylation is 1. The number of fused-ring (bicyclic) bond motifs is 2. The number of methoxy groups -OCH3 is 1. The molecular weight excluding hydrogens is 509 g/mol. The zero-order chi connectivity index (χ0) is 27.4. The Morgan fingerprint density at radius 2 is 1.56 bits per heavy atom. The van der Waals surface area contributed by atoms with Crippen molar-refractivity contribution >= 4 is 29.4 Å². The van der Waals surface area contributed by atoms with Crippen LogP contribution in [0.15, 0.2) is 85.2 Å². The fourth-order valence-corrected chi connectivity index (χ4v) is 7.35. The first-order valence-corrected chi connectivity index (χ1v) is 15.0. The Morgan fingerprint density at radius 1 is 0.897 bits per heavy atom. The molecule has 2 heterocycles. The highest BCUT2D eigenvalue weighted by Gasteiger charge is 2.37. The van der Waals surface area contributed by atoms with E-state index in [-0.39, 0.29) is 19.1 Å². The Morgan fingerprint density at radius 3 is 2.26 bits per heavy atom. The minimum absolute atomic E-state index is 0.0373. The van der Waals surface area contributed by atoms with Crippen LogP contribution in [0, 0.1) is 0 Å². The molecule has 2 atom stereocenters. The van der Waals surface area contributed by atoms with Crippen LogP contribution in [-0.2, 0) is 20.7 Å². The molecule has 0 aliphatic carbocycles. The maximum Gasteiger partial charge on any atom is 0.351 e. The molecular formula is C31H36N3O4P. The third-order valence-corrected chi connectivity index (χ3v) is 9.53. The third-order valence-electron chi connectivity index (χ3n) is 7.18. The van der Waals surface area contributed by atoms with E-state index in [1.165, 1.54) is 22.0 Å². The van der Waals surface area contributed by atoms with Gasteiger partial charge in [0.15, 0.2) is 0 Å². The lowest BCUT2D eigenvalue weighted by Crippen LogP contribution is -2.28. The fraction of sp³-hybridized carbons (Fsp3) is 0.290. The van der Waals surface area contributed by atoms with Crippen LogP contribution in [0.2, 0.25) is 0 Å². The van der Waals surface area contributed by atoms with Crippen molar-refractivity contribution in [2.24, 2.45) is 7.05 Å². The number of para-hydroxylation sites is 2. The lowest BCUT2D eigenvalue weighted by Gasteiger charge is -2.29. The van der Waals surface area contributed by atoms with Crippen molar-refractivity contribution in [3.8, 4) is 5.75 Å². The van der Waals surface area contributed by atoms with Gasteiger partial charge in [-0.1, -0.05) is 48.5 Å². The Balaban J connectivity index is 1.60. The van der Waals surface area contributed by atoms with Gasteiger partial charge in [0.1, 0.15) is 11.5 Å². The number of hydrogen-bond donors (Lipinski definition) is 2. The Bertz CT molecular complexity index is 1580. The molecule has 0 spiro atoms. The number of H-pyrrole nitrogens is 1. The molecule has 2 aromatic heterocycles. The van der Waals surface area contributed by atoms with Gasteiger partial charge >= 0.3 is 7.60 Å². The molecule has 204 valence electrons. The van der Waals surface area contributed by atoms with Crippen molar-refractivity contribution in [1.82, 2.24) is 14.9 Å². The summed E-state index contributed by atoms with van der Waals surface area (Å²) in [5, 5.41) is 5.99. The summed E-state index contributed by atoms with van der Waals surface area (Å²) in [7, 11) is 0.149. The molecule has 39 heavy (non-hydrogen) atoms. The number of rotatable bonds is 12. The molecule has 2 N–H and O–H groups in total. The molecule has 0 amide bonds. The largest absolute Gasteiger partial charge is 0.497 e. The summed E-state index contributed by atoms with van der Waals surface area (Å²) in [5.41, 5.74) is 5.43. The number of aromatic nitrogens is 2. The van der Waals surface area contributed by atoms with Crippen LogP contribution < -0.4 is 10.1 Å². The molecule has 0 aliphatic heterocycles. The van der Waals surface area contributed by atoms with Gasteiger partial charge in [0.2, 0.25) is 0 Å². The van der Waals surface area contributed by atoms with Crippen LogP contribution in [0.25, 0.3) is 21.8 Å². The van der Waals surface area contributed by atoms with E-state index < -0.39 is 13.4 Å². The quantitative estimate of drug-likeness (QED) is 0.160. The van der Waals surface area contributed by atoms with Crippen LogP contribution in [-0.4, -0.2) is 36.4 Å². The van der Waals surface area contributed by atoms with Crippen LogP contribution in [0.3, 0.4) is 0 Å². The lowest BCUT2D eigenvalue weighted by molar-refractivity contribution is 0.207. The first kappa shape index (κ1) is 27.2. The first-order valence-electron chi connectivity index (χ1n) is 13.3. The van der Waals surface area contributed by atoms with Crippen LogP contribution in [0.4, 0.5) is 0 Å². The van der Waals surface area contributed by atoms with Gasteiger partial charge in [-0.3, -0.25) is 9.88 Å². The van der Waals surface area contributed by atoms with Gasteiger partial charge < -0.3 is 23.3 Å². The second-order valence-electron chi connectivity index (χ2n) is 9.51. The lowest BCUT2D eigenvalue weighted by atomic mass is 9.90. The second-order valence-corrected chi connectivity index (χ2v) is 11.6. The monoisotopic (exact) mass is 545 g/mol. The maximum atomic E-state index is 14.2. The molecule has 0 saturated carbocycles. The Kier molecular flexibility index (Phi) is 8.24. The highest BCUT2D eigenvalue weighted by molar-refractivity contribution is 7.54. The predicted octanol–water partition coefficient (Wildman–Crippen LogP) is 7.35. The number of nitrogens with one attached hydrogen (secondary N) is 2. The van der Waals surface area contributed by atoms with E-state index in [1.54, 1.807) is 7.11 Å². The number of hydrogen-bond acceptors (Lipinski definition) is 5. The Labute approximate surface area is 229 Å². The van der Waals surface area contributed by atoms with E-state index in [9.17, 15) is 4.57 Å². The highest BCUT2D eigenvalue weighted by atomic mass is 31.2. The SMILES string of the molecule is CCOP(=O)(OCC)C(NCC(c1c[nH]c2ccccc12)c1cn(C)c2ccccc12)c1ccc(OC)cc1. The number of nitrogens with zero attached hydrogens (tertiary/aromatic N) is 1. The average molecular weight is 546 g/mol. The summed E-state index contributed by atoms with van der Waals surface area (Å²) < 4.78 is 33.4. The van der Waals surface area contributed by atoms with E-state index in [0.29, 0.717) is 6.54 Å². The number of benzene rings is 3. The molecule has 0 saturated heterocycles. The summed E-state index contributed by atoms with van der Waals surface area (Å²) in [6.07, 6.45) is 4.29. The van der Waals surface area contributed by atoms with Crippen molar-refractivity contribution in [1.29, 1.82) is 0 Å². The summed E-state index contributed by atoms with van der Waals surface area (Å²) in [6.45, 7) is 4.74. The third kappa shape index (κ3) is 5.41. The summed E-state index contributed by atoms with van der Waals surface area (Å²) in [4.78, 5) is 3.44. The van der Waals surface area contributed by atoms with Crippen LogP contribution in [0.5, 0.6) is 5.75 Å². The van der Waals surface area contributed by atoms with E-state index in [0.717, 1.165) is 22.2 Å². The van der Waals surface area contributed by atoms with Crippen molar-refractivity contribution in [2.75, 3.05) is 26.9 Å². The van der Waals surface area contributed by atoms with E-state index in [4.69, 9.17) is 13.8 Å². The van der Waals surface area contributed by atoms with E-state index >= 15 is 0 Å². The van der Waals surface area contributed by atoms with Gasteiger partial charge in [-0.15, -0.1) is 0 Å². The second kappa shape index (κ2) is 11.8. The minimum Gasteiger partial charge on any atom is -0.497 e. The summed E-state index contributed by atoms with van der Waals surface area (Å²) in [5.74, 6) is 0.0308. The van der Waals surface area contributed by atoms with Gasteiger partial charge in [-0.05, 0) is 54.8 Å². The maximum absolute atomic E-state index is 14.2. The van der Waals surface area contributed by atoms with Gasteiger partial charge in [0, 0.05) is 53.7 Å². The van der Waals surface area contributed by atoms with Crippen LogP contribution >= 0.6 is 7.60 Å². The molecule has 0 radical (unpaired) electrons. The van der Waals surface area contributed by atoms with Gasteiger partial charge in [-0.25, -0.2) is 0 Å². The molecule has 2 unspecified atom stereocenters. The van der Waals surface area contributed by atoms with E-state index in [2.05, 4.69) is 76.8 Å². The van der Waals surface area contributed by atoms with Crippen LogP contribution in [0.1, 0.15) is 42.2 Å². The smallest absolute Gasteiger partial charge is 0.351 e. The molecule has 8 heteroatoms. The molecule has 7 nitrogen and oxygen atoms in total. The molecule has 0 aliphatic rings. The number of aromatic amines is 1. The zero-order valence-corrected chi connectivity index (χ0v) is 23.8. The van der Waals surface area contributed by atoms with Crippen molar-refractivity contribution in [3.63, 3.8) is 0 Å². The Hall–Kier alpha value is -3.35. The van der Waals surface area contributed by atoms with E-state index in [1.807, 2.05) is 44.2 Å². The van der Waals surface area contributed by atoms with Gasteiger partial charge in [0.05, 0.1) is 20.3 Å². The van der Waals surface area contributed by atoms with Crippen molar-refractivity contribution < 1.29 is 18.3 Å². The summed E-state index contributed by atoms with van der Waals surface area (Å²) in [6, 6.07) is 24.3. The normalized spacial score (nSPS) is 13.6. The highest BCUT2D eigenvalue weighted by Crippen LogP contribution is 2.59. The molecule has 5 aromatic rings. The average Bonchev–Trinajstić information content (AvgIpc) is 3.53. The molecule has 0 fully saturated rings. The van der Waals surface area contributed by atoms with Crippen molar-refractivity contribution in [2.45, 2.75) is 25.5 Å². The molecule has 3 aromatic carbocycles. The zero-order valence-electron chi connectivity index (χ0n) is 22.9. The topological polar surface area (TPSA) is 77.5 Å².